The number of halogens is 2. The Morgan fingerprint density at radius 3 is 2.72 bits per heavy atom. The second kappa shape index (κ2) is 7.06. The number of esters is 1. The van der Waals surface area contributed by atoms with Crippen molar-refractivity contribution in [2.45, 2.75) is 26.3 Å². The quantitative estimate of drug-likeness (QED) is 0.796. The third-order valence-electron chi connectivity index (χ3n) is 2.48. The molecular weight excluding hydrogens is 240 g/mol. The summed E-state index contributed by atoms with van der Waals surface area (Å²) in [6.07, 6.45) is -0.0257. The lowest BCUT2D eigenvalue weighted by Crippen LogP contribution is -2.25. The van der Waals surface area contributed by atoms with E-state index in [2.05, 4.69) is 5.32 Å². The van der Waals surface area contributed by atoms with Gasteiger partial charge in [0.15, 0.2) is 11.6 Å². The number of rotatable bonds is 6. The smallest absolute Gasteiger partial charge is 0.307 e. The molecule has 0 aliphatic carbocycles. The van der Waals surface area contributed by atoms with Crippen LogP contribution >= 0.6 is 0 Å². The van der Waals surface area contributed by atoms with Gasteiger partial charge in [-0.25, -0.2) is 8.78 Å². The molecule has 18 heavy (non-hydrogen) atoms. The van der Waals surface area contributed by atoms with Crippen LogP contribution in [0, 0.1) is 11.6 Å². The molecule has 1 rings (SSSR count). The second-order valence-electron chi connectivity index (χ2n) is 3.76. The summed E-state index contributed by atoms with van der Waals surface area (Å²) < 4.78 is 31.6. The van der Waals surface area contributed by atoms with Crippen LogP contribution in [0.3, 0.4) is 0 Å². The minimum atomic E-state index is -0.923. The standard InChI is InChI=1S/C13H17F2NO2/c1-3-16-11(8-12(17)18-4-2)9-6-5-7-10(14)13(9)15/h5-7,11,16H,3-4,8H2,1-2H3. The van der Waals surface area contributed by atoms with Gasteiger partial charge in [0, 0.05) is 11.6 Å². The summed E-state index contributed by atoms with van der Waals surface area (Å²) in [5, 5.41) is 2.95. The van der Waals surface area contributed by atoms with Crippen LogP contribution in [0.1, 0.15) is 31.9 Å². The van der Waals surface area contributed by atoms with E-state index in [0.29, 0.717) is 6.54 Å². The molecule has 3 nitrogen and oxygen atoms in total. The van der Waals surface area contributed by atoms with E-state index in [1.807, 2.05) is 6.92 Å². The maximum atomic E-state index is 13.6. The van der Waals surface area contributed by atoms with E-state index in [9.17, 15) is 13.6 Å². The Morgan fingerprint density at radius 1 is 1.39 bits per heavy atom. The fourth-order valence-corrected chi connectivity index (χ4v) is 1.71. The number of carbonyl (C=O) groups excluding carboxylic acids is 1. The summed E-state index contributed by atoms with van der Waals surface area (Å²) in [5.74, 6) is -2.28. The molecule has 0 heterocycles. The monoisotopic (exact) mass is 257 g/mol. The average Bonchev–Trinajstić information content (AvgIpc) is 2.32. The largest absolute Gasteiger partial charge is 0.466 e. The molecule has 0 bridgehead atoms. The van der Waals surface area contributed by atoms with E-state index in [1.165, 1.54) is 12.1 Å². The van der Waals surface area contributed by atoms with E-state index in [0.717, 1.165) is 6.07 Å². The van der Waals surface area contributed by atoms with E-state index in [1.54, 1.807) is 6.92 Å². The second-order valence-corrected chi connectivity index (χ2v) is 3.76. The third kappa shape index (κ3) is 3.77. The minimum absolute atomic E-state index is 0.0257. The number of benzene rings is 1. The highest BCUT2D eigenvalue weighted by Gasteiger charge is 2.20. The molecule has 1 aromatic carbocycles. The number of hydrogen-bond acceptors (Lipinski definition) is 3. The van der Waals surface area contributed by atoms with Gasteiger partial charge >= 0.3 is 5.97 Å². The molecule has 0 aliphatic heterocycles. The van der Waals surface area contributed by atoms with Gasteiger partial charge in [0.05, 0.1) is 13.0 Å². The van der Waals surface area contributed by atoms with Crippen molar-refractivity contribution >= 4 is 5.97 Å². The molecule has 0 aromatic heterocycles. The van der Waals surface area contributed by atoms with Crippen LogP contribution in [-0.2, 0) is 9.53 Å². The lowest BCUT2D eigenvalue weighted by Gasteiger charge is -2.18. The van der Waals surface area contributed by atoms with Crippen molar-refractivity contribution in [2.75, 3.05) is 13.2 Å². The molecule has 0 saturated heterocycles. The molecule has 1 aromatic rings. The summed E-state index contributed by atoms with van der Waals surface area (Å²) in [7, 11) is 0. The van der Waals surface area contributed by atoms with Crippen LogP contribution in [0.2, 0.25) is 0 Å². The topological polar surface area (TPSA) is 38.3 Å². The zero-order valence-corrected chi connectivity index (χ0v) is 10.5. The van der Waals surface area contributed by atoms with Crippen LogP contribution in [0.15, 0.2) is 18.2 Å². The molecular formula is C13H17F2NO2. The summed E-state index contributed by atoms with van der Waals surface area (Å²) in [6, 6.07) is 3.35. The lowest BCUT2D eigenvalue weighted by molar-refractivity contribution is -0.143. The fraction of sp³-hybridized carbons (Fsp3) is 0.462. The Bertz CT molecular complexity index is 410. The first-order valence-corrected chi connectivity index (χ1v) is 5.93. The molecule has 1 atom stereocenters. The van der Waals surface area contributed by atoms with Crippen LogP contribution < -0.4 is 5.32 Å². The summed E-state index contributed by atoms with van der Waals surface area (Å²) in [4.78, 5) is 11.4. The summed E-state index contributed by atoms with van der Waals surface area (Å²) in [5.41, 5.74) is 0.143. The van der Waals surface area contributed by atoms with Crippen LogP contribution in [0.4, 0.5) is 8.78 Å². The highest BCUT2D eigenvalue weighted by atomic mass is 19.2. The molecule has 0 spiro atoms. The van der Waals surface area contributed by atoms with Crippen LogP contribution in [0.5, 0.6) is 0 Å². The van der Waals surface area contributed by atoms with Crippen molar-refractivity contribution in [1.29, 1.82) is 0 Å². The number of ether oxygens (including phenoxy) is 1. The Balaban J connectivity index is 2.90. The molecule has 100 valence electrons. The van der Waals surface area contributed by atoms with Crippen LogP contribution in [0.25, 0.3) is 0 Å². The molecule has 0 fully saturated rings. The van der Waals surface area contributed by atoms with Gasteiger partial charge in [-0.3, -0.25) is 4.79 Å². The third-order valence-corrected chi connectivity index (χ3v) is 2.48. The number of carbonyl (C=O) groups is 1. The van der Waals surface area contributed by atoms with Crippen molar-refractivity contribution in [1.82, 2.24) is 5.32 Å². The first-order chi connectivity index (χ1) is 8.60. The first-order valence-electron chi connectivity index (χ1n) is 5.93. The van der Waals surface area contributed by atoms with Gasteiger partial charge in [-0.05, 0) is 19.5 Å². The highest BCUT2D eigenvalue weighted by Crippen LogP contribution is 2.22. The lowest BCUT2D eigenvalue weighted by atomic mass is 10.0. The number of hydrogen-bond donors (Lipinski definition) is 1. The van der Waals surface area contributed by atoms with E-state index < -0.39 is 23.6 Å². The summed E-state index contributed by atoms with van der Waals surface area (Å²) >= 11 is 0. The van der Waals surface area contributed by atoms with Crippen molar-refractivity contribution < 1.29 is 18.3 Å². The van der Waals surface area contributed by atoms with Gasteiger partial charge in [-0.15, -0.1) is 0 Å². The van der Waals surface area contributed by atoms with E-state index in [-0.39, 0.29) is 18.6 Å². The minimum Gasteiger partial charge on any atom is -0.466 e. The maximum absolute atomic E-state index is 13.6. The highest BCUT2D eigenvalue weighted by molar-refractivity contribution is 5.70. The van der Waals surface area contributed by atoms with Gasteiger partial charge in [-0.2, -0.15) is 0 Å². The van der Waals surface area contributed by atoms with Gasteiger partial charge in [0.1, 0.15) is 0 Å². The SMILES string of the molecule is CCNC(CC(=O)OCC)c1cccc(F)c1F. The Labute approximate surface area is 105 Å². The zero-order chi connectivity index (χ0) is 13.5. The zero-order valence-electron chi connectivity index (χ0n) is 10.5. The summed E-state index contributed by atoms with van der Waals surface area (Å²) in [6.45, 7) is 4.33. The first kappa shape index (κ1) is 14.6. The Hall–Kier alpha value is -1.49. The van der Waals surface area contributed by atoms with Gasteiger partial charge in [0.2, 0.25) is 0 Å². The van der Waals surface area contributed by atoms with Gasteiger partial charge in [0.25, 0.3) is 0 Å². The predicted octanol–water partition coefficient (Wildman–Crippen LogP) is 2.57. The molecule has 1 unspecified atom stereocenters. The van der Waals surface area contributed by atoms with Crippen LogP contribution in [-0.4, -0.2) is 19.1 Å². The Kier molecular flexibility index (Phi) is 5.71. The maximum Gasteiger partial charge on any atom is 0.307 e. The molecule has 5 heteroatoms. The molecule has 0 saturated carbocycles. The molecule has 0 aliphatic rings. The molecule has 0 radical (unpaired) electrons. The molecule has 0 amide bonds. The van der Waals surface area contributed by atoms with Gasteiger partial charge in [-0.1, -0.05) is 19.1 Å². The average molecular weight is 257 g/mol. The van der Waals surface area contributed by atoms with Crippen molar-refractivity contribution in [3.63, 3.8) is 0 Å². The normalized spacial score (nSPS) is 12.2. The van der Waals surface area contributed by atoms with Crippen molar-refractivity contribution in [2.24, 2.45) is 0 Å². The van der Waals surface area contributed by atoms with Gasteiger partial charge < -0.3 is 10.1 Å². The predicted molar refractivity (Wildman–Crippen MR) is 64.0 cm³/mol. The van der Waals surface area contributed by atoms with E-state index >= 15 is 0 Å². The van der Waals surface area contributed by atoms with Crippen molar-refractivity contribution in [3.05, 3.63) is 35.4 Å². The molecule has 1 N–H and O–H groups in total. The fourth-order valence-electron chi connectivity index (χ4n) is 1.71. The Morgan fingerprint density at radius 2 is 2.11 bits per heavy atom. The van der Waals surface area contributed by atoms with Crippen molar-refractivity contribution in [3.8, 4) is 0 Å². The van der Waals surface area contributed by atoms with E-state index in [4.69, 9.17) is 4.74 Å². The number of nitrogens with one attached hydrogen (secondary N) is 1.